The fourth-order valence-corrected chi connectivity index (χ4v) is 6.29. The summed E-state index contributed by atoms with van der Waals surface area (Å²) in [6.07, 6.45) is 4.95. The fourth-order valence-electron chi connectivity index (χ4n) is 5.25. The van der Waals surface area contributed by atoms with E-state index in [1.54, 1.807) is 6.07 Å². The number of halogens is 1. The summed E-state index contributed by atoms with van der Waals surface area (Å²) in [5, 5.41) is 7.03. The second-order valence-corrected chi connectivity index (χ2v) is 11.7. The fraction of sp³-hybridized carbons (Fsp3) is 0.333. The lowest BCUT2D eigenvalue weighted by atomic mass is 9.66. The number of fused-ring (bicyclic) bond motifs is 2. The Kier molecular flexibility index (Phi) is 6.19. The Morgan fingerprint density at radius 3 is 2.63 bits per heavy atom. The third-order valence-corrected chi connectivity index (χ3v) is 8.78. The number of nitrogens with zero attached hydrogens (tertiary/aromatic N) is 3. The van der Waals surface area contributed by atoms with Crippen LogP contribution in [0, 0.1) is 5.82 Å². The molecule has 9 nitrogen and oxygen atoms in total. The van der Waals surface area contributed by atoms with E-state index in [0.29, 0.717) is 36.8 Å². The number of rotatable bonds is 8. The summed E-state index contributed by atoms with van der Waals surface area (Å²) >= 11 is 0. The summed E-state index contributed by atoms with van der Waals surface area (Å²) < 4.78 is 52.7. The number of benzene rings is 2. The Bertz CT molecular complexity index is 1470. The van der Waals surface area contributed by atoms with Crippen molar-refractivity contribution in [1.82, 2.24) is 9.97 Å². The molecule has 1 saturated carbocycles. The number of sulfonamides is 1. The molecule has 198 valence electrons. The quantitative estimate of drug-likeness (QED) is 0.414. The monoisotopic (exact) mass is 537 g/mol. The van der Waals surface area contributed by atoms with Crippen LogP contribution < -0.4 is 19.7 Å². The Labute approximate surface area is 220 Å². The van der Waals surface area contributed by atoms with Gasteiger partial charge in [0.1, 0.15) is 11.9 Å². The van der Waals surface area contributed by atoms with Gasteiger partial charge in [0.15, 0.2) is 11.6 Å². The van der Waals surface area contributed by atoms with E-state index in [2.05, 4.69) is 27.2 Å². The molecule has 2 fully saturated rings. The second kappa shape index (κ2) is 9.55. The van der Waals surface area contributed by atoms with Crippen molar-refractivity contribution in [1.29, 1.82) is 0 Å². The van der Waals surface area contributed by atoms with E-state index in [1.165, 1.54) is 4.31 Å². The molecule has 3 heterocycles. The van der Waals surface area contributed by atoms with E-state index in [9.17, 15) is 12.8 Å². The van der Waals surface area contributed by atoms with Gasteiger partial charge in [0, 0.05) is 35.2 Å². The minimum absolute atomic E-state index is 0.0295. The minimum Gasteiger partial charge on any atom is -0.488 e. The van der Waals surface area contributed by atoms with Crippen molar-refractivity contribution in [3.63, 3.8) is 0 Å². The molecule has 2 aromatic carbocycles. The number of nitrogens with one attached hydrogen (secondary N) is 2. The van der Waals surface area contributed by atoms with Crippen LogP contribution in [-0.4, -0.2) is 44.2 Å². The van der Waals surface area contributed by atoms with Crippen LogP contribution in [0.2, 0.25) is 0 Å². The van der Waals surface area contributed by atoms with Gasteiger partial charge in [-0.15, -0.1) is 0 Å². The summed E-state index contributed by atoms with van der Waals surface area (Å²) in [6.45, 7) is 5.18. The Balaban J connectivity index is 1.20. The van der Waals surface area contributed by atoms with Gasteiger partial charge in [-0.2, -0.15) is 4.98 Å². The zero-order valence-corrected chi connectivity index (χ0v) is 21.5. The maximum Gasteiger partial charge on any atom is 0.256 e. The summed E-state index contributed by atoms with van der Waals surface area (Å²) in [4.78, 5) is 8.35. The number of hydrogen-bond donors (Lipinski definition) is 2. The first-order chi connectivity index (χ1) is 18.3. The van der Waals surface area contributed by atoms with Crippen LogP contribution in [0.3, 0.4) is 0 Å². The molecule has 6 rings (SSSR count). The Hall–Kier alpha value is -3.70. The topological polar surface area (TPSA) is 106 Å². The van der Waals surface area contributed by atoms with Crippen molar-refractivity contribution in [2.75, 3.05) is 34.7 Å². The highest BCUT2D eigenvalue weighted by Crippen LogP contribution is 2.54. The van der Waals surface area contributed by atoms with Crippen LogP contribution in [0.4, 0.5) is 33.2 Å². The maximum absolute atomic E-state index is 14.7. The van der Waals surface area contributed by atoms with Crippen molar-refractivity contribution in [2.45, 2.75) is 37.2 Å². The lowest BCUT2D eigenvalue weighted by Crippen LogP contribution is -2.40. The first-order valence-electron chi connectivity index (χ1n) is 12.6. The van der Waals surface area contributed by atoms with E-state index in [4.69, 9.17) is 9.47 Å². The number of ether oxygens (including phenoxy) is 2. The molecule has 3 aliphatic rings. The molecule has 38 heavy (non-hydrogen) atoms. The molecular weight excluding hydrogens is 509 g/mol. The third kappa shape index (κ3) is 4.56. The summed E-state index contributed by atoms with van der Waals surface area (Å²) in [6, 6.07) is 12.8. The molecule has 1 atom stereocenters. The normalized spacial score (nSPS) is 19.6. The molecule has 3 aromatic rings. The summed E-state index contributed by atoms with van der Waals surface area (Å²) in [5.74, 6) is 0.279. The highest BCUT2D eigenvalue weighted by molar-refractivity contribution is 7.95. The Morgan fingerprint density at radius 2 is 1.95 bits per heavy atom. The van der Waals surface area contributed by atoms with Gasteiger partial charge in [-0.1, -0.05) is 19.1 Å². The predicted octanol–water partition coefficient (Wildman–Crippen LogP) is 4.99. The van der Waals surface area contributed by atoms with Gasteiger partial charge in [0.25, 0.3) is 10.0 Å². The van der Waals surface area contributed by atoms with Gasteiger partial charge in [-0.25, -0.2) is 17.8 Å². The van der Waals surface area contributed by atoms with Crippen LogP contribution in [0.1, 0.15) is 31.2 Å². The predicted molar refractivity (Wildman–Crippen MR) is 143 cm³/mol. The van der Waals surface area contributed by atoms with Crippen molar-refractivity contribution in [2.24, 2.45) is 0 Å². The molecule has 1 aromatic heterocycles. The average Bonchev–Trinajstić information content (AvgIpc) is 3.53. The molecule has 2 N–H and O–H groups in total. The van der Waals surface area contributed by atoms with E-state index in [-0.39, 0.29) is 23.3 Å². The summed E-state index contributed by atoms with van der Waals surface area (Å²) in [5.41, 5.74) is 2.66. The van der Waals surface area contributed by atoms with Gasteiger partial charge in [-0.05, 0) is 54.8 Å². The first kappa shape index (κ1) is 24.6. The van der Waals surface area contributed by atoms with Crippen molar-refractivity contribution in [3.05, 3.63) is 72.0 Å². The van der Waals surface area contributed by atoms with Crippen LogP contribution in [0.25, 0.3) is 0 Å². The van der Waals surface area contributed by atoms with Gasteiger partial charge in [0.05, 0.1) is 25.1 Å². The molecular formula is C27H28FN5O4S. The van der Waals surface area contributed by atoms with Crippen LogP contribution in [0.15, 0.2) is 60.6 Å². The standard InChI is InChI=1S/C27H28FN5O4S/c1-2-38(34,35)33-17-27(11-3-12-27)22-9-6-19(14-24(22)33)30-25-23(28)15-29-26(32-25)31-18-4-7-20(8-5-18)37-21-10-13-36-16-21/h2,4-9,14-15,21H,1,3,10-13,16-17H2,(H2,29,30,31,32). The summed E-state index contributed by atoms with van der Waals surface area (Å²) in [7, 11) is -3.66. The molecule has 0 amide bonds. The zero-order valence-electron chi connectivity index (χ0n) is 20.7. The SMILES string of the molecule is C=CS(=O)(=O)N1CC2(CCC2)c2ccc(Nc3nc(Nc4ccc(OC5CCOC5)cc4)ncc3F)cc21. The van der Waals surface area contributed by atoms with Crippen LogP contribution in [-0.2, 0) is 20.2 Å². The average molecular weight is 538 g/mol. The van der Waals surface area contributed by atoms with E-state index >= 15 is 0 Å². The van der Waals surface area contributed by atoms with Crippen molar-refractivity contribution < 1.29 is 22.3 Å². The lowest BCUT2D eigenvalue weighted by molar-refractivity contribution is 0.141. The smallest absolute Gasteiger partial charge is 0.256 e. The molecule has 0 radical (unpaired) electrons. The Morgan fingerprint density at radius 1 is 1.16 bits per heavy atom. The molecule has 2 aliphatic heterocycles. The number of anilines is 5. The van der Waals surface area contributed by atoms with E-state index in [0.717, 1.165) is 48.6 Å². The molecule has 1 unspecified atom stereocenters. The van der Waals surface area contributed by atoms with E-state index in [1.807, 2.05) is 36.4 Å². The highest BCUT2D eigenvalue weighted by atomic mass is 32.2. The van der Waals surface area contributed by atoms with Crippen LogP contribution >= 0.6 is 0 Å². The largest absolute Gasteiger partial charge is 0.488 e. The molecule has 0 bridgehead atoms. The number of hydrogen-bond acceptors (Lipinski definition) is 8. The molecule has 11 heteroatoms. The van der Waals surface area contributed by atoms with Crippen LogP contribution in [0.5, 0.6) is 5.75 Å². The lowest BCUT2D eigenvalue weighted by Gasteiger charge is -2.38. The first-order valence-corrected chi connectivity index (χ1v) is 14.1. The molecule has 1 saturated heterocycles. The van der Waals surface area contributed by atoms with Gasteiger partial charge in [-0.3, -0.25) is 4.31 Å². The van der Waals surface area contributed by atoms with Gasteiger partial charge in [0.2, 0.25) is 5.95 Å². The maximum atomic E-state index is 14.7. The zero-order chi connectivity index (χ0) is 26.3. The van der Waals surface area contributed by atoms with Gasteiger partial charge < -0.3 is 20.1 Å². The van der Waals surface area contributed by atoms with E-state index < -0.39 is 15.8 Å². The third-order valence-electron chi connectivity index (χ3n) is 7.42. The van der Waals surface area contributed by atoms with Crippen molar-refractivity contribution in [3.8, 4) is 5.75 Å². The number of aromatic nitrogens is 2. The molecule has 1 spiro atoms. The highest BCUT2D eigenvalue weighted by Gasteiger charge is 2.49. The minimum atomic E-state index is -3.66. The molecule has 1 aliphatic carbocycles. The van der Waals surface area contributed by atoms with Crippen molar-refractivity contribution >= 4 is 38.9 Å². The second-order valence-electron chi connectivity index (χ2n) is 9.85. The van der Waals surface area contributed by atoms with Gasteiger partial charge >= 0.3 is 0 Å².